The Labute approximate surface area is 232 Å². The average Bonchev–Trinajstić information content (AvgIpc) is 3.42. The molecule has 0 aliphatic carbocycles. The van der Waals surface area contributed by atoms with E-state index < -0.39 is 0 Å². The predicted molar refractivity (Wildman–Crippen MR) is 160 cm³/mol. The van der Waals surface area contributed by atoms with Gasteiger partial charge in [0.1, 0.15) is 6.10 Å². The van der Waals surface area contributed by atoms with Gasteiger partial charge in [0.25, 0.3) is 0 Å². The second kappa shape index (κ2) is 22.9. The summed E-state index contributed by atoms with van der Waals surface area (Å²) in [6.07, 6.45) is 21.5. The van der Waals surface area contributed by atoms with Crippen molar-refractivity contribution >= 4 is 11.8 Å². The lowest BCUT2D eigenvalue weighted by Gasteiger charge is -2.20. The van der Waals surface area contributed by atoms with Crippen LogP contribution in [0.3, 0.4) is 0 Å². The normalized spacial score (nSPS) is 14.1. The summed E-state index contributed by atoms with van der Waals surface area (Å²) in [5, 5.41) is 2.16. The second-order valence-electron chi connectivity index (χ2n) is 10.4. The van der Waals surface area contributed by atoms with Gasteiger partial charge in [0.15, 0.2) is 0 Å². The second-order valence-corrected chi connectivity index (χ2v) is 11.2. The number of hydrogen-bond acceptors (Lipinski definition) is 5. The Kier molecular flexibility index (Phi) is 20.0. The molecule has 0 spiro atoms. The number of thioether (sulfide) groups is 1. The third-order valence-electron chi connectivity index (χ3n) is 7.01. The van der Waals surface area contributed by atoms with Crippen LogP contribution in [0.5, 0.6) is 0 Å². The highest BCUT2D eigenvalue weighted by Gasteiger charge is 2.12. The Morgan fingerprint density at radius 2 is 1.35 bits per heavy atom. The fourth-order valence-corrected chi connectivity index (χ4v) is 5.49. The Morgan fingerprint density at radius 1 is 0.757 bits per heavy atom. The molecule has 0 saturated heterocycles. The third-order valence-corrected chi connectivity index (χ3v) is 7.80. The van der Waals surface area contributed by atoms with E-state index >= 15 is 0 Å². The molecule has 212 valence electrons. The molecule has 5 heteroatoms. The molecule has 1 aliphatic rings. The summed E-state index contributed by atoms with van der Waals surface area (Å²) < 4.78 is 17.9. The molecule has 1 aromatic carbocycles. The topological polar surface area (TPSA) is 30.9 Å². The molecule has 2 rings (SSSR count). The van der Waals surface area contributed by atoms with Gasteiger partial charge in [0, 0.05) is 26.0 Å². The standard InChI is InChI=1S/C32H55NO3S/c1-3-5-6-7-8-9-10-11-12-13-14-15-16-19-23-34-27-32(36-4-2)28-35-26-31-21-18-17-20-30(31)25-33-22-24-37-29-33/h17-18,20-22,24,32H,3-16,19,23,25-29H2,1-2H3. The summed E-state index contributed by atoms with van der Waals surface area (Å²) in [5.74, 6) is 1.03. The number of rotatable bonds is 25. The number of unbranched alkanes of at least 4 members (excludes halogenated alkanes) is 13. The molecule has 0 N–H and O–H groups in total. The molecule has 0 amide bonds. The molecule has 0 bridgehead atoms. The largest absolute Gasteiger partial charge is 0.379 e. The Morgan fingerprint density at radius 3 is 1.95 bits per heavy atom. The monoisotopic (exact) mass is 533 g/mol. The molecule has 0 aromatic heterocycles. The van der Waals surface area contributed by atoms with Crippen LogP contribution in [0.15, 0.2) is 35.9 Å². The maximum atomic E-state index is 6.07. The molecule has 1 atom stereocenters. The van der Waals surface area contributed by atoms with Crippen molar-refractivity contribution in [2.24, 2.45) is 0 Å². The zero-order valence-corrected chi connectivity index (χ0v) is 24.8. The molecule has 1 aliphatic heterocycles. The van der Waals surface area contributed by atoms with Gasteiger partial charge >= 0.3 is 0 Å². The summed E-state index contributed by atoms with van der Waals surface area (Å²) in [6.45, 7) is 8.57. The van der Waals surface area contributed by atoms with Crippen LogP contribution >= 0.6 is 11.8 Å². The molecule has 1 heterocycles. The van der Waals surface area contributed by atoms with Gasteiger partial charge in [-0.2, -0.15) is 0 Å². The fraction of sp³-hybridized carbons (Fsp3) is 0.750. The van der Waals surface area contributed by atoms with Crippen LogP contribution in [0.1, 0.15) is 115 Å². The van der Waals surface area contributed by atoms with Crippen molar-refractivity contribution < 1.29 is 14.2 Å². The van der Waals surface area contributed by atoms with E-state index in [2.05, 4.69) is 47.7 Å². The van der Waals surface area contributed by atoms with Crippen LogP contribution in [0, 0.1) is 0 Å². The van der Waals surface area contributed by atoms with Gasteiger partial charge in [0.05, 0.1) is 25.7 Å². The highest BCUT2D eigenvalue weighted by molar-refractivity contribution is 8.02. The molecule has 1 unspecified atom stereocenters. The molecular weight excluding hydrogens is 478 g/mol. The van der Waals surface area contributed by atoms with E-state index in [9.17, 15) is 0 Å². The van der Waals surface area contributed by atoms with Crippen LogP contribution in [0.4, 0.5) is 0 Å². The van der Waals surface area contributed by atoms with Gasteiger partial charge in [-0.25, -0.2) is 0 Å². The lowest BCUT2D eigenvalue weighted by atomic mass is 10.0. The predicted octanol–water partition coefficient (Wildman–Crippen LogP) is 9.08. The Hall–Kier alpha value is -1.01. The van der Waals surface area contributed by atoms with Gasteiger partial charge in [-0.3, -0.25) is 0 Å². The van der Waals surface area contributed by atoms with Crippen molar-refractivity contribution in [2.75, 3.05) is 32.3 Å². The molecule has 0 fully saturated rings. The summed E-state index contributed by atoms with van der Waals surface area (Å²) in [4.78, 5) is 2.33. The van der Waals surface area contributed by atoms with E-state index in [1.807, 2.05) is 18.7 Å². The number of nitrogens with zero attached hydrogens (tertiary/aromatic N) is 1. The molecule has 4 nitrogen and oxygen atoms in total. The van der Waals surface area contributed by atoms with Crippen molar-refractivity contribution in [3.8, 4) is 0 Å². The van der Waals surface area contributed by atoms with Gasteiger partial charge < -0.3 is 19.1 Å². The first-order valence-electron chi connectivity index (χ1n) is 15.2. The summed E-state index contributed by atoms with van der Waals surface area (Å²) >= 11 is 1.84. The van der Waals surface area contributed by atoms with Gasteiger partial charge in [-0.15, -0.1) is 11.8 Å². The van der Waals surface area contributed by atoms with Crippen molar-refractivity contribution in [3.63, 3.8) is 0 Å². The first kappa shape index (κ1) is 32.2. The van der Waals surface area contributed by atoms with E-state index in [0.717, 1.165) is 25.4 Å². The SMILES string of the molecule is CCCCCCCCCCCCCCCCOCC(COCc1ccccc1CN1C=CSC1)OCC. The Bertz CT molecular complexity index is 684. The molecule has 37 heavy (non-hydrogen) atoms. The van der Waals surface area contributed by atoms with Crippen molar-refractivity contribution in [2.45, 2.75) is 123 Å². The summed E-state index contributed by atoms with van der Waals surface area (Å²) in [5.41, 5.74) is 2.59. The number of ether oxygens (including phenoxy) is 3. The van der Waals surface area contributed by atoms with E-state index in [-0.39, 0.29) is 6.10 Å². The molecule has 1 aromatic rings. The van der Waals surface area contributed by atoms with Crippen LogP contribution in [0.2, 0.25) is 0 Å². The van der Waals surface area contributed by atoms with Gasteiger partial charge in [-0.1, -0.05) is 115 Å². The zero-order chi connectivity index (χ0) is 26.2. The number of benzene rings is 1. The summed E-state index contributed by atoms with van der Waals surface area (Å²) in [6, 6.07) is 8.58. The molecule has 0 saturated carbocycles. The van der Waals surface area contributed by atoms with Crippen molar-refractivity contribution in [1.29, 1.82) is 0 Å². The smallest absolute Gasteiger partial charge is 0.104 e. The van der Waals surface area contributed by atoms with Gasteiger partial charge in [0.2, 0.25) is 0 Å². The van der Waals surface area contributed by atoms with Crippen molar-refractivity contribution in [1.82, 2.24) is 4.90 Å². The highest BCUT2D eigenvalue weighted by atomic mass is 32.2. The fourth-order valence-electron chi connectivity index (χ4n) is 4.77. The van der Waals surface area contributed by atoms with Crippen LogP contribution in [0.25, 0.3) is 0 Å². The lowest BCUT2D eigenvalue weighted by Crippen LogP contribution is -2.26. The first-order chi connectivity index (χ1) is 18.3. The lowest BCUT2D eigenvalue weighted by molar-refractivity contribution is -0.0602. The average molecular weight is 534 g/mol. The zero-order valence-electron chi connectivity index (χ0n) is 24.0. The minimum atomic E-state index is 0.00159. The first-order valence-corrected chi connectivity index (χ1v) is 16.2. The quantitative estimate of drug-likeness (QED) is 0.117. The van der Waals surface area contributed by atoms with E-state index in [1.165, 1.54) is 94.6 Å². The van der Waals surface area contributed by atoms with Gasteiger partial charge in [-0.05, 0) is 29.9 Å². The van der Waals surface area contributed by atoms with E-state index in [1.54, 1.807) is 0 Å². The maximum Gasteiger partial charge on any atom is 0.104 e. The molecular formula is C32H55NO3S. The third kappa shape index (κ3) is 16.5. The maximum absolute atomic E-state index is 6.07. The Balaban J connectivity index is 1.45. The van der Waals surface area contributed by atoms with Crippen LogP contribution in [-0.2, 0) is 27.4 Å². The minimum Gasteiger partial charge on any atom is -0.379 e. The highest BCUT2D eigenvalue weighted by Crippen LogP contribution is 2.20. The number of hydrogen-bond donors (Lipinski definition) is 0. The minimum absolute atomic E-state index is 0.00159. The van der Waals surface area contributed by atoms with E-state index in [0.29, 0.717) is 26.4 Å². The summed E-state index contributed by atoms with van der Waals surface area (Å²) in [7, 11) is 0. The van der Waals surface area contributed by atoms with Crippen molar-refractivity contribution in [3.05, 3.63) is 47.0 Å². The molecule has 0 radical (unpaired) electrons. The van der Waals surface area contributed by atoms with Crippen LogP contribution in [-0.4, -0.2) is 43.3 Å². The van der Waals surface area contributed by atoms with E-state index in [4.69, 9.17) is 14.2 Å². The van der Waals surface area contributed by atoms with Crippen LogP contribution < -0.4 is 0 Å².